The molecule has 0 radical (unpaired) electrons. The first-order valence-electron chi connectivity index (χ1n) is 8.58. The highest BCUT2D eigenvalue weighted by molar-refractivity contribution is 6.33. The van der Waals surface area contributed by atoms with Crippen LogP contribution in [0.15, 0.2) is 12.1 Å². The van der Waals surface area contributed by atoms with Crippen molar-refractivity contribution in [2.75, 3.05) is 40.4 Å². The van der Waals surface area contributed by atoms with Crippen molar-refractivity contribution in [3.63, 3.8) is 0 Å². The Morgan fingerprint density at radius 3 is 2.52 bits per heavy atom. The first-order chi connectivity index (χ1) is 11.2. The van der Waals surface area contributed by atoms with E-state index in [1.54, 1.807) is 14.2 Å². The summed E-state index contributed by atoms with van der Waals surface area (Å²) in [5.74, 6) is 1.33. The lowest BCUT2D eigenvalue weighted by Crippen LogP contribution is -2.45. The van der Waals surface area contributed by atoms with Gasteiger partial charge in [0, 0.05) is 32.2 Å². The fraction of sp³-hybridized carbons (Fsp3) is 0.667. The Morgan fingerprint density at radius 2 is 1.91 bits per heavy atom. The Morgan fingerprint density at radius 1 is 1.17 bits per heavy atom. The maximum atomic E-state index is 6.67. The van der Waals surface area contributed by atoms with Gasteiger partial charge in [0.15, 0.2) is 11.5 Å². The predicted molar refractivity (Wildman–Crippen MR) is 95.9 cm³/mol. The van der Waals surface area contributed by atoms with Gasteiger partial charge in [-0.05, 0) is 18.1 Å². The second kappa shape index (κ2) is 9.36. The van der Waals surface area contributed by atoms with Gasteiger partial charge >= 0.3 is 0 Å². The third-order valence-electron chi connectivity index (χ3n) is 4.55. The Bertz CT molecular complexity index is 490. The summed E-state index contributed by atoms with van der Waals surface area (Å²) in [5, 5.41) is 4.11. The molecule has 0 bridgehead atoms. The molecule has 1 N–H and O–H groups in total. The maximum absolute atomic E-state index is 6.67. The van der Waals surface area contributed by atoms with Crippen LogP contribution in [0, 0.1) is 0 Å². The zero-order valence-electron chi connectivity index (χ0n) is 14.5. The second-order valence-electron chi connectivity index (χ2n) is 6.00. The van der Waals surface area contributed by atoms with Gasteiger partial charge in [-0.3, -0.25) is 4.90 Å². The molecule has 1 aliphatic heterocycles. The van der Waals surface area contributed by atoms with Crippen molar-refractivity contribution in [1.82, 2.24) is 10.2 Å². The van der Waals surface area contributed by atoms with Crippen LogP contribution >= 0.6 is 11.6 Å². The van der Waals surface area contributed by atoms with Gasteiger partial charge in [0.25, 0.3) is 0 Å². The molecule has 5 heteroatoms. The summed E-state index contributed by atoms with van der Waals surface area (Å²) >= 11 is 6.67. The molecule has 1 heterocycles. The molecule has 2 rings (SSSR count). The Labute approximate surface area is 145 Å². The van der Waals surface area contributed by atoms with Crippen molar-refractivity contribution in [2.24, 2.45) is 0 Å². The van der Waals surface area contributed by atoms with Crippen LogP contribution in [-0.2, 0) is 0 Å². The van der Waals surface area contributed by atoms with Gasteiger partial charge in [-0.25, -0.2) is 0 Å². The van der Waals surface area contributed by atoms with E-state index in [-0.39, 0.29) is 0 Å². The molecule has 0 aliphatic carbocycles. The molecule has 130 valence electrons. The summed E-state index contributed by atoms with van der Waals surface area (Å²) in [6.45, 7) is 6.43. The number of piperazine rings is 1. The van der Waals surface area contributed by atoms with Gasteiger partial charge in [0.1, 0.15) is 0 Å². The van der Waals surface area contributed by atoms with Crippen molar-refractivity contribution < 1.29 is 9.47 Å². The Hall–Kier alpha value is -0.970. The lowest BCUT2D eigenvalue weighted by Gasteiger charge is -2.36. The highest BCUT2D eigenvalue weighted by Gasteiger charge is 2.26. The van der Waals surface area contributed by atoms with Crippen LogP contribution in [0.1, 0.15) is 44.2 Å². The Kier molecular flexibility index (Phi) is 7.47. The van der Waals surface area contributed by atoms with E-state index in [9.17, 15) is 0 Å². The second-order valence-corrected chi connectivity index (χ2v) is 6.38. The molecule has 0 spiro atoms. The standard InChI is InChI=1S/C18H29ClN2O2/c1-4-5-6-7-15(21-12-10-20-11-13-21)14-8-9-16(22-2)18(23-3)17(14)19/h8-9,15,20H,4-7,10-13H2,1-3H3/t15-/m1/s1. The van der Waals surface area contributed by atoms with Crippen molar-refractivity contribution in [3.05, 3.63) is 22.7 Å². The SMILES string of the molecule is CCCCC[C@H](c1ccc(OC)c(OC)c1Cl)N1CCNCC1. The largest absolute Gasteiger partial charge is 0.493 e. The van der Waals surface area contributed by atoms with Crippen molar-refractivity contribution in [3.8, 4) is 11.5 Å². The van der Waals surface area contributed by atoms with E-state index in [0.29, 0.717) is 22.6 Å². The van der Waals surface area contributed by atoms with E-state index >= 15 is 0 Å². The lowest BCUT2D eigenvalue weighted by molar-refractivity contribution is 0.162. The number of nitrogens with zero attached hydrogens (tertiary/aromatic N) is 1. The predicted octanol–water partition coefficient (Wildman–Crippen LogP) is 3.88. The number of rotatable bonds is 8. The van der Waals surface area contributed by atoms with Gasteiger partial charge in [-0.2, -0.15) is 0 Å². The molecule has 23 heavy (non-hydrogen) atoms. The average Bonchev–Trinajstić information content (AvgIpc) is 2.60. The van der Waals surface area contributed by atoms with Crippen LogP contribution in [0.5, 0.6) is 11.5 Å². The molecule has 0 unspecified atom stereocenters. The monoisotopic (exact) mass is 340 g/mol. The number of halogens is 1. The number of unbranched alkanes of at least 4 members (excludes halogenated alkanes) is 2. The van der Waals surface area contributed by atoms with E-state index in [4.69, 9.17) is 21.1 Å². The van der Waals surface area contributed by atoms with E-state index in [1.165, 1.54) is 19.3 Å². The normalized spacial score (nSPS) is 17.0. The molecule has 1 aromatic carbocycles. The third-order valence-corrected chi connectivity index (χ3v) is 4.94. The fourth-order valence-corrected chi connectivity index (χ4v) is 3.64. The molecule has 4 nitrogen and oxygen atoms in total. The first kappa shape index (κ1) is 18.4. The van der Waals surface area contributed by atoms with Gasteiger partial charge in [-0.15, -0.1) is 0 Å². The smallest absolute Gasteiger partial charge is 0.179 e. The van der Waals surface area contributed by atoms with Crippen molar-refractivity contribution in [2.45, 2.75) is 38.6 Å². The number of methoxy groups -OCH3 is 2. The highest BCUT2D eigenvalue weighted by atomic mass is 35.5. The van der Waals surface area contributed by atoms with E-state index < -0.39 is 0 Å². The molecular weight excluding hydrogens is 312 g/mol. The lowest BCUT2D eigenvalue weighted by atomic mass is 9.97. The van der Waals surface area contributed by atoms with E-state index in [1.807, 2.05) is 6.07 Å². The molecule has 1 aromatic rings. The van der Waals surface area contributed by atoms with Crippen molar-refractivity contribution >= 4 is 11.6 Å². The van der Waals surface area contributed by atoms with Gasteiger partial charge in [0.2, 0.25) is 0 Å². The van der Waals surface area contributed by atoms with Crippen LogP contribution in [0.25, 0.3) is 0 Å². The van der Waals surface area contributed by atoms with Crippen LogP contribution in [0.2, 0.25) is 5.02 Å². The van der Waals surface area contributed by atoms with Crippen LogP contribution < -0.4 is 14.8 Å². The van der Waals surface area contributed by atoms with Crippen LogP contribution in [0.3, 0.4) is 0 Å². The quantitative estimate of drug-likeness (QED) is 0.728. The number of nitrogens with one attached hydrogen (secondary N) is 1. The highest BCUT2D eigenvalue weighted by Crippen LogP contribution is 2.42. The van der Waals surface area contributed by atoms with Crippen molar-refractivity contribution in [1.29, 1.82) is 0 Å². The van der Waals surface area contributed by atoms with Crippen LogP contribution in [-0.4, -0.2) is 45.3 Å². The van der Waals surface area contributed by atoms with Gasteiger partial charge < -0.3 is 14.8 Å². The summed E-state index contributed by atoms with van der Waals surface area (Å²) in [5.41, 5.74) is 1.15. The summed E-state index contributed by atoms with van der Waals surface area (Å²) < 4.78 is 10.8. The zero-order valence-corrected chi connectivity index (χ0v) is 15.3. The first-order valence-corrected chi connectivity index (χ1v) is 8.95. The average molecular weight is 341 g/mol. The number of benzene rings is 1. The number of ether oxygens (including phenoxy) is 2. The minimum atomic E-state index is 0.343. The molecule has 0 amide bonds. The molecule has 1 saturated heterocycles. The summed E-state index contributed by atoms with van der Waals surface area (Å²) in [7, 11) is 3.29. The molecular formula is C18H29ClN2O2. The summed E-state index contributed by atoms with van der Waals surface area (Å²) in [6, 6.07) is 4.41. The van der Waals surface area contributed by atoms with Gasteiger partial charge in [-0.1, -0.05) is 43.9 Å². The summed E-state index contributed by atoms with van der Waals surface area (Å²) in [4.78, 5) is 2.54. The Balaban J connectivity index is 2.29. The topological polar surface area (TPSA) is 33.7 Å². The molecule has 1 aliphatic rings. The number of hydrogen-bond acceptors (Lipinski definition) is 4. The van der Waals surface area contributed by atoms with Gasteiger partial charge in [0.05, 0.1) is 19.2 Å². The summed E-state index contributed by atoms with van der Waals surface area (Å²) in [6.07, 6.45) is 4.83. The fourth-order valence-electron chi connectivity index (χ4n) is 3.28. The molecule has 1 fully saturated rings. The molecule has 1 atom stereocenters. The minimum absolute atomic E-state index is 0.343. The molecule has 0 saturated carbocycles. The maximum Gasteiger partial charge on any atom is 0.179 e. The van der Waals surface area contributed by atoms with E-state index in [0.717, 1.165) is 38.2 Å². The zero-order chi connectivity index (χ0) is 16.7. The minimum Gasteiger partial charge on any atom is -0.493 e. The molecule has 0 aromatic heterocycles. The number of hydrogen-bond donors (Lipinski definition) is 1. The van der Waals surface area contributed by atoms with Crippen LogP contribution in [0.4, 0.5) is 0 Å². The van der Waals surface area contributed by atoms with E-state index in [2.05, 4.69) is 23.2 Å². The third kappa shape index (κ3) is 4.52.